The molecule has 1 aliphatic heterocycles. The number of nitrogens with one attached hydrogen (secondary N) is 1. The fraction of sp³-hybridized carbons (Fsp3) is 1.00. The topological polar surface area (TPSA) is 44.8 Å². The van der Waals surface area contributed by atoms with Gasteiger partial charge >= 0.3 is 0 Å². The normalized spacial score (nSPS) is 24.3. The van der Waals surface area contributed by atoms with Gasteiger partial charge in [-0.1, -0.05) is 0 Å². The molecule has 0 spiro atoms. The highest BCUT2D eigenvalue weighted by Gasteiger charge is 2.20. The lowest BCUT2D eigenvalue weighted by Crippen LogP contribution is -2.21. The van der Waals surface area contributed by atoms with E-state index in [2.05, 4.69) is 5.32 Å². The van der Waals surface area contributed by atoms with Gasteiger partial charge in [-0.05, 0) is 13.0 Å². The Labute approximate surface area is 55.0 Å². The van der Waals surface area contributed by atoms with Crippen LogP contribution in [-0.4, -0.2) is 37.5 Å². The molecule has 0 aliphatic carbocycles. The van der Waals surface area contributed by atoms with E-state index in [1.807, 2.05) is 0 Å². The van der Waals surface area contributed by atoms with Gasteiger partial charge in [0.2, 0.25) is 0 Å². The van der Waals surface area contributed by atoms with Crippen molar-refractivity contribution in [3.8, 4) is 0 Å². The first-order chi connectivity index (χ1) is 4.43. The summed E-state index contributed by atoms with van der Waals surface area (Å²) in [5.74, 6) is 0. The minimum atomic E-state index is 0.276. The van der Waals surface area contributed by atoms with Crippen LogP contribution in [0.5, 0.6) is 0 Å². The average molecular weight is 131 g/mol. The molecule has 1 unspecified atom stereocenters. The maximum atomic E-state index is 8.38. The summed E-state index contributed by atoms with van der Waals surface area (Å²) in [7, 11) is 0. The second-order valence-corrected chi connectivity index (χ2v) is 2.24. The minimum Gasteiger partial charge on any atom is -0.396 e. The van der Waals surface area contributed by atoms with Crippen LogP contribution in [0.2, 0.25) is 0 Å². The summed E-state index contributed by atoms with van der Waals surface area (Å²) < 4.78 is 4.96. The predicted molar refractivity (Wildman–Crippen MR) is 34.3 cm³/mol. The Morgan fingerprint density at radius 2 is 2.44 bits per heavy atom. The van der Waals surface area contributed by atoms with E-state index >= 15 is 0 Å². The van der Waals surface area contributed by atoms with Crippen LogP contribution < -0.4 is 5.32 Å². The average Bonchev–Trinajstić information content (AvgIpc) is 2.63. The molecule has 1 saturated heterocycles. The minimum absolute atomic E-state index is 0.276. The van der Waals surface area contributed by atoms with Crippen molar-refractivity contribution in [3.05, 3.63) is 0 Å². The molecule has 0 aromatic heterocycles. The van der Waals surface area contributed by atoms with Gasteiger partial charge in [-0.25, -0.2) is 0 Å². The van der Waals surface area contributed by atoms with Crippen molar-refractivity contribution in [1.29, 1.82) is 0 Å². The summed E-state index contributed by atoms with van der Waals surface area (Å²) in [5, 5.41) is 11.5. The number of epoxide rings is 1. The lowest BCUT2D eigenvalue weighted by molar-refractivity contribution is 0.284. The van der Waals surface area contributed by atoms with Gasteiger partial charge < -0.3 is 15.2 Å². The number of aliphatic hydroxyl groups excluding tert-OH is 1. The SMILES string of the molecule is OCCCNCC1CO1. The van der Waals surface area contributed by atoms with Crippen molar-refractivity contribution < 1.29 is 9.84 Å². The van der Waals surface area contributed by atoms with E-state index in [-0.39, 0.29) is 6.61 Å². The molecule has 2 N–H and O–H groups in total. The molecule has 0 amide bonds. The van der Waals surface area contributed by atoms with Crippen molar-refractivity contribution in [1.82, 2.24) is 5.32 Å². The maximum absolute atomic E-state index is 8.38. The second kappa shape index (κ2) is 3.82. The molecule has 1 rings (SSSR count). The summed E-state index contributed by atoms with van der Waals surface area (Å²) in [6.07, 6.45) is 1.30. The molecule has 3 heteroatoms. The van der Waals surface area contributed by atoms with Crippen molar-refractivity contribution >= 4 is 0 Å². The van der Waals surface area contributed by atoms with Crippen LogP contribution in [0.25, 0.3) is 0 Å². The molecule has 1 heterocycles. The van der Waals surface area contributed by atoms with Crippen LogP contribution in [0.4, 0.5) is 0 Å². The molecule has 1 atom stereocenters. The van der Waals surface area contributed by atoms with Gasteiger partial charge in [0, 0.05) is 13.2 Å². The van der Waals surface area contributed by atoms with E-state index in [1.165, 1.54) is 0 Å². The third-order valence-electron chi connectivity index (χ3n) is 1.29. The van der Waals surface area contributed by atoms with Gasteiger partial charge in [-0.2, -0.15) is 0 Å². The summed E-state index contributed by atoms with van der Waals surface area (Å²) in [6.45, 7) is 3.03. The Hall–Kier alpha value is -0.120. The first kappa shape index (κ1) is 6.99. The zero-order valence-electron chi connectivity index (χ0n) is 5.47. The van der Waals surface area contributed by atoms with E-state index in [1.54, 1.807) is 0 Å². The second-order valence-electron chi connectivity index (χ2n) is 2.24. The molecule has 0 saturated carbocycles. The van der Waals surface area contributed by atoms with E-state index in [0.717, 1.165) is 26.1 Å². The van der Waals surface area contributed by atoms with Crippen LogP contribution in [-0.2, 0) is 4.74 Å². The highest BCUT2D eigenvalue weighted by Crippen LogP contribution is 2.05. The fourth-order valence-electron chi connectivity index (χ4n) is 0.653. The van der Waals surface area contributed by atoms with Gasteiger partial charge in [0.05, 0.1) is 12.7 Å². The number of hydrogen-bond donors (Lipinski definition) is 2. The van der Waals surface area contributed by atoms with Crippen molar-refractivity contribution in [3.63, 3.8) is 0 Å². The highest BCUT2D eigenvalue weighted by atomic mass is 16.6. The zero-order valence-corrected chi connectivity index (χ0v) is 5.47. The number of hydrogen-bond acceptors (Lipinski definition) is 3. The molecule has 0 bridgehead atoms. The van der Waals surface area contributed by atoms with Crippen molar-refractivity contribution in [2.24, 2.45) is 0 Å². The molecule has 1 aliphatic rings. The molecule has 54 valence electrons. The summed E-state index contributed by atoms with van der Waals surface area (Å²) in [6, 6.07) is 0. The van der Waals surface area contributed by atoms with Crippen molar-refractivity contribution in [2.75, 3.05) is 26.3 Å². The number of rotatable bonds is 5. The van der Waals surface area contributed by atoms with E-state index in [0.29, 0.717) is 6.10 Å². The molecule has 9 heavy (non-hydrogen) atoms. The van der Waals surface area contributed by atoms with Gasteiger partial charge in [0.15, 0.2) is 0 Å². The first-order valence-corrected chi connectivity index (χ1v) is 3.36. The molecule has 1 fully saturated rings. The Bertz CT molecular complexity index is 73.5. The maximum Gasteiger partial charge on any atom is 0.0933 e. The van der Waals surface area contributed by atoms with Crippen LogP contribution in [0.15, 0.2) is 0 Å². The fourth-order valence-corrected chi connectivity index (χ4v) is 0.653. The molecular weight excluding hydrogens is 118 g/mol. The lowest BCUT2D eigenvalue weighted by Gasteiger charge is -1.97. The Morgan fingerprint density at radius 3 is 3.00 bits per heavy atom. The zero-order chi connectivity index (χ0) is 6.53. The van der Waals surface area contributed by atoms with Gasteiger partial charge in [0.25, 0.3) is 0 Å². The molecule has 0 radical (unpaired) electrons. The van der Waals surface area contributed by atoms with E-state index in [9.17, 15) is 0 Å². The van der Waals surface area contributed by atoms with Crippen LogP contribution in [0, 0.1) is 0 Å². The summed E-state index contributed by atoms with van der Waals surface area (Å²) >= 11 is 0. The monoisotopic (exact) mass is 131 g/mol. The largest absolute Gasteiger partial charge is 0.396 e. The first-order valence-electron chi connectivity index (χ1n) is 3.36. The van der Waals surface area contributed by atoms with Gasteiger partial charge in [-0.15, -0.1) is 0 Å². The quantitative estimate of drug-likeness (QED) is 0.385. The highest BCUT2D eigenvalue weighted by molar-refractivity contribution is 4.71. The Morgan fingerprint density at radius 1 is 1.67 bits per heavy atom. The third-order valence-corrected chi connectivity index (χ3v) is 1.29. The molecule has 0 aromatic carbocycles. The van der Waals surface area contributed by atoms with Crippen LogP contribution in [0.3, 0.4) is 0 Å². The van der Waals surface area contributed by atoms with Gasteiger partial charge in [-0.3, -0.25) is 0 Å². The molecule has 0 aromatic rings. The smallest absolute Gasteiger partial charge is 0.0933 e. The summed E-state index contributed by atoms with van der Waals surface area (Å²) in [5.41, 5.74) is 0. The van der Waals surface area contributed by atoms with E-state index in [4.69, 9.17) is 9.84 Å². The third kappa shape index (κ3) is 3.46. The number of ether oxygens (including phenoxy) is 1. The number of aliphatic hydroxyl groups is 1. The van der Waals surface area contributed by atoms with Crippen LogP contribution in [0.1, 0.15) is 6.42 Å². The van der Waals surface area contributed by atoms with Crippen LogP contribution >= 0.6 is 0 Å². The van der Waals surface area contributed by atoms with Gasteiger partial charge in [0.1, 0.15) is 0 Å². The Kier molecular flexibility index (Phi) is 2.97. The summed E-state index contributed by atoms with van der Waals surface area (Å²) in [4.78, 5) is 0. The molecular formula is C6H13NO2. The predicted octanol–water partition coefficient (Wildman–Crippen LogP) is -0.643. The molecule has 3 nitrogen and oxygen atoms in total. The standard InChI is InChI=1S/C6H13NO2/c8-3-1-2-7-4-6-5-9-6/h6-8H,1-5H2. The Balaban J connectivity index is 1.71. The van der Waals surface area contributed by atoms with Crippen molar-refractivity contribution in [2.45, 2.75) is 12.5 Å². The lowest BCUT2D eigenvalue weighted by atomic mass is 10.4. The van der Waals surface area contributed by atoms with E-state index < -0.39 is 0 Å².